The third kappa shape index (κ3) is 5.75. The predicted molar refractivity (Wildman–Crippen MR) is 114 cm³/mol. The lowest BCUT2D eigenvalue weighted by atomic mass is 9.88. The average Bonchev–Trinajstić information content (AvgIpc) is 3.23. The number of ketones is 1. The van der Waals surface area contributed by atoms with Crippen molar-refractivity contribution in [3.8, 4) is 0 Å². The van der Waals surface area contributed by atoms with Crippen molar-refractivity contribution in [2.45, 2.75) is 57.2 Å². The van der Waals surface area contributed by atoms with Crippen molar-refractivity contribution in [3.05, 3.63) is 47.4 Å². The van der Waals surface area contributed by atoms with Gasteiger partial charge in [0.1, 0.15) is 11.9 Å². The molecule has 0 bridgehead atoms. The number of aliphatic carboxylic acids is 1. The number of rotatable bonds is 10. The van der Waals surface area contributed by atoms with Gasteiger partial charge in [0.15, 0.2) is 0 Å². The van der Waals surface area contributed by atoms with Gasteiger partial charge in [0.2, 0.25) is 0 Å². The molecule has 1 heterocycles. The maximum atomic E-state index is 12.3. The standard InChI is InChI=1S/C23H28O5S/c24-18(22-13-15-7-5-6-9-21(15)29-22)12-11-17-16(19(25)14-20(17)26)8-3-1-2-4-10-23(27)28/h5-7,9,11-13,16-18,20,24,26H,1-4,8,10,14H2,(H,27,28)/t16-,17+,18-,20-/m1/s1. The van der Waals surface area contributed by atoms with Gasteiger partial charge in [0.05, 0.1) is 6.10 Å². The van der Waals surface area contributed by atoms with Crippen molar-refractivity contribution >= 4 is 33.2 Å². The normalized spacial score (nSPS) is 23.2. The predicted octanol–water partition coefficient (Wildman–Crippen LogP) is 4.48. The first-order chi connectivity index (χ1) is 14.0. The molecular formula is C23H28O5S. The molecule has 3 N–H and O–H groups in total. The number of hydrogen-bond acceptors (Lipinski definition) is 5. The van der Waals surface area contributed by atoms with Crippen LogP contribution in [0.4, 0.5) is 0 Å². The summed E-state index contributed by atoms with van der Waals surface area (Å²) in [5.74, 6) is -1.20. The van der Waals surface area contributed by atoms with Gasteiger partial charge in [-0.25, -0.2) is 0 Å². The molecule has 0 saturated heterocycles. The van der Waals surface area contributed by atoms with Crippen LogP contribution in [-0.2, 0) is 9.59 Å². The Labute approximate surface area is 174 Å². The van der Waals surface area contributed by atoms with Gasteiger partial charge in [-0.05, 0) is 30.4 Å². The molecule has 1 aromatic carbocycles. The number of Topliss-reactive ketones (excluding diaryl/α,β-unsaturated/α-hetero) is 1. The number of carboxylic acids is 1. The van der Waals surface area contributed by atoms with E-state index >= 15 is 0 Å². The molecule has 1 aromatic heterocycles. The molecule has 5 nitrogen and oxygen atoms in total. The maximum Gasteiger partial charge on any atom is 0.303 e. The second-order valence-corrected chi connectivity index (χ2v) is 8.90. The number of benzene rings is 1. The summed E-state index contributed by atoms with van der Waals surface area (Å²) in [4.78, 5) is 23.7. The third-order valence-corrected chi connectivity index (χ3v) is 6.83. The van der Waals surface area contributed by atoms with Crippen LogP contribution >= 0.6 is 11.3 Å². The van der Waals surface area contributed by atoms with Gasteiger partial charge in [-0.3, -0.25) is 9.59 Å². The van der Waals surface area contributed by atoms with Crippen LogP contribution in [0.1, 0.15) is 55.9 Å². The highest BCUT2D eigenvalue weighted by Crippen LogP contribution is 2.36. The van der Waals surface area contributed by atoms with E-state index in [1.807, 2.05) is 30.3 Å². The summed E-state index contributed by atoms with van der Waals surface area (Å²) in [6.07, 6.45) is 6.28. The van der Waals surface area contributed by atoms with Crippen LogP contribution in [0.3, 0.4) is 0 Å². The summed E-state index contributed by atoms with van der Waals surface area (Å²) in [6, 6.07) is 9.94. The number of hydrogen-bond donors (Lipinski definition) is 3. The zero-order valence-electron chi connectivity index (χ0n) is 16.4. The van der Waals surface area contributed by atoms with E-state index in [1.165, 1.54) is 0 Å². The van der Waals surface area contributed by atoms with Crippen LogP contribution < -0.4 is 0 Å². The topological polar surface area (TPSA) is 94.8 Å². The lowest BCUT2D eigenvalue weighted by Crippen LogP contribution is -2.18. The first kappa shape index (κ1) is 21.7. The monoisotopic (exact) mass is 416 g/mol. The molecule has 0 spiro atoms. The van der Waals surface area contributed by atoms with Crippen molar-refractivity contribution in [3.63, 3.8) is 0 Å². The fourth-order valence-electron chi connectivity index (χ4n) is 4.06. The number of unbranched alkanes of at least 4 members (excludes halogenated alkanes) is 3. The van der Waals surface area contributed by atoms with Gasteiger partial charge >= 0.3 is 5.97 Å². The Morgan fingerprint density at radius 2 is 1.97 bits per heavy atom. The third-order valence-electron chi connectivity index (χ3n) is 5.64. The van der Waals surface area contributed by atoms with Gasteiger partial charge in [0.25, 0.3) is 0 Å². The maximum absolute atomic E-state index is 12.3. The van der Waals surface area contributed by atoms with Crippen molar-refractivity contribution in [1.29, 1.82) is 0 Å². The molecule has 3 rings (SSSR count). The molecular weight excluding hydrogens is 388 g/mol. The van der Waals surface area contributed by atoms with E-state index in [0.29, 0.717) is 12.8 Å². The fourth-order valence-corrected chi connectivity index (χ4v) is 5.09. The number of carboxylic acid groups (broad SMARTS) is 1. The summed E-state index contributed by atoms with van der Waals surface area (Å²) in [7, 11) is 0. The van der Waals surface area contributed by atoms with E-state index in [1.54, 1.807) is 23.5 Å². The van der Waals surface area contributed by atoms with E-state index in [0.717, 1.165) is 34.2 Å². The Morgan fingerprint density at radius 3 is 2.72 bits per heavy atom. The highest BCUT2D eigenvalue weighted by Gasteiger charge is 2.39. The molecule has 4 atom stereocenters. The highest BCUT2D eigenvalue weighted by atomic mass is 32.1. The van der Waals surface area contributed by atoms with Gasteiger partial charge in [-0.2, -0.15) is 0 Å². The van der Waals surface area contributed by atoms with E-state index in [2.05, 4.69) is 0 Å². The number of carbonyl (C=O) groups excluding carboxylic acids is 1. The molecule has 1 aliphatic carbocycles. The van der Waals surface area contributed by atoms with Crippen LogP contribution in [0.5, 0.6) is 0 Å². The smallest absolute Gasteiger partial charge is 0.303 e. The molecule has 1 fully saturated rings. The molecule has 1 saturated carbocycles. The number of fused-ring (bicyclic) bond motifs is 1. The molecule has 0 amide bonds. The molecule has 1 aliphatic rings. The summed E-state index contributed by atoms with van der Waals surface area (Å²) >= 11 is 1.54. The van der Waals surface area contributed by atoms with E-state index in [9.17, 15) is 19.8 Å². The van der Waals surface area contributed by atoms with Gasteiger partial charge < -0.3 is 15.3 Å². The SMILES string of the molecule is O=C(O)CCCCCC[C@H]1C(=O)C[C@@H](O)[C@H]1C=C[C@@H](O)c1cc2ccccc2s1. The zero-order valence-corrected chi connectivity index (χ0v) is 17.2. The minimum Gasteiger partial charge on any atom is -0.481 e. The molecule has 29 heavy (non-hydrogen) atoms. The number of thiophene rings is 1. The van der Waals surface area contributed by atoms with Gasteiger partial charge in [-0.15, -0.1) is 11.3 Å². The Morgan fingerprint density at radius 1 is 1.21 bits per heavy atom. The molecule has 2 aromatic rings. The molecule has 6 heteroatoms. The first-order valence-electron chi connectivity index (χ1n) is 10.2. The Hall–Kier alpha value is -2.02. The molecule has 0 radical (unpaired) electrons. The Kier molecular flexibility index (Phi) is 7.58. The fraction of sp³-hybridized carbons (Fsp3) is 0.478. The number of aliphatic hydroxyl groups is 2. The van der Waals surface area contributed by atoms with Gasteiger partial charge in [0, 0.05) is 34.3 Å². The lowest BCUT2D eigenvalue weighted by Gasteiger charge is -2.18. The molecule has 0 aliphatic heterocycles. The number of aliphatic hydroxyl groups excluding tert-OH is 2. The second kappa shape index (κ2) is 10.1. The number of carbonyl (C=O) groups is 2. The van der Waals surface area contributed by atoms with Crippen molar-refractivity contribution in [2.24, 2.45) is 11.8 Å². The summed E-state index contributed by atoms with van der Waals surface area (Å²) in [6.45, 7) is 0. The van der Waals surface area contributed by atoms with Gasteiger partial charge in [-0.1, -0.05) is 49.6 Å². The minimum atomic E-state index is -0.776. The van der Waals surface area contributed by atoms with E-state index < -0.39 is 18.2 Å². The lowest BCUT2D eigenvalue weighted by molar-refractivity contribution is -0.137. The van der Waals surface area contributed by atoms with Crippen LogP contribution in [-0.4, -0.2) is 33.2 Å². The molecule has 156 valence electrons. The van der Waals surface area contributed by atoms with Crippen molar-refractivity contribution in [2.75, 3.05) is 0 Å². The largest absolute Gasteiger partial charge is 0.481 e. The quantitative estimate of drug-likeness (QED) is 0.392. The average molecular weight is 417 g/mol. The van der Waals surface area contributed by atoms with Crippen LogP contribution in [0.2, 0.25) is 0 Å². The summed E-state index contributed by atoms with van der Waals surface area (Å²) < 4.78 is 1.12. The van der Waals surface area contributed by atoms with Crippen LogP contribution in [0, 0.1) is 11.8 Å². The second-order valence-electron chi connectivity index (χ2n) is 7.78. The van der Waals surface area contributed by atoms with Crippen LogP contribution in [0.25, 0.3) is 10.1 Å². The van der Waals surface area contributed by atoms with E-state index in [4.69, 9.17) is 5.11 Å². The van der Waals surface area contributed by atoms with Crippen molar-refractivity contribution in [1.82, 2.24) is 0 Å². The Balaban J connectivity index is 1.56. The zero-order chi connectivity index (χ0) is 20.8. The Bertz CT molecular complexity index is 838. The summed E-state index contributed by atoms with van der Waals surface area (Å²) in [5, 5.41) is 30.6. The van der Waals surface area contributed by atoms with Crippen molar-refractivity contribution < 1.29 is 24.9 Å². The van der Waals surface area contributed by atoms with E-state index in [-0.39, 0.29) is 30.5 Å². The minimum absolute atomic E-state index is 0.0778. The highest BCUT2D eigenvalue weighted by molar-refractivity contribution is 7.19. The first-order valence-corrected chi connectivity index (χ1v) is 11.0. The summed E-state index contributed by atoms with van der Waals surface area (Å²) in [5.41, 5.74) is 0. The van der Waals surface area contributed by atoms with Crippen LogP contribution in [0.15, 0.2) is 42.5 Å². The molecule has 0 unspecified atom stereocenters.